The zero-order valence-electron chi connectivity index (χ0n) is 14.1. The van der Waals surface area contributed by atoms with E-state index >= 15 is 0 Å². The molecule has 0 saturated carbocycles. The van der Waals surface area contributed by atoms with Crippen molar-refractivity contribution < 1.29 is 0 Å². The van der Waals surface area contributed by atoms with Crippen molar-refractivity contribution in [3.63, 3.8) is 0 Å². The maximum atomic E-state index is 12.4. The summed E-state index contributed by atoms with van der Waals surface area (Å²) in [5, 5.41) is 4.54. The Labute approximate surface area is 161 Å². The number of benzene rings is 2. The molecule has 2 aromatic carbocycles. The molecular formula is C19H19ClN4OS. The summed E-state index contributed by atoms with van der Waals surface area (Å²) < 4.78 is 1.89. The summed E-state index contributed by atoms with van der Waals surface area (Å²) in [4.78, 5) is 17.4. The third kappa shape index (κ3) is 3.22. The number of para-hydroxylation sites is 3. The third-order valence-corrected chi connectivity index (χ3v) is 5.55. The number of halogens is 1. The lowest BCUT2D eigenvalue weighted by molar-refractivity contribution is 0.269. The summed E-state index contributed by atoms with van der Waals surface area (Å²) in [6.07, 6.45) is 1.73. The van der Waals surface area contributed by atoms with Gasteiger partial charge in [0.15, 0.2) is 5.11 Å². The van der Waals surface area contributed by atoms with Crippen LogP contribution in [0.4, 0.5) is 5.69 Å². The van der Waals surface area contributed by atoms with Crippen molar-refractivity contribution in [2.75, 3.05) is 18.4 Å². The fourth-order valence-electron chi connectivity index (χ4n) is 3.52. The predicted octanol–water partition coefficient (Wildman–Crippen LogP) is 4.02. The van der Waals surface area contributed by atoms with Gasteiger partial charge in [0, 0.05) is 19.1 Å². The molecule has 1 aliphatic rings. The maximum Gasteiger partial charge on any atom is 0.326 e. The van der Waals surface area contributed by atoms with Gasteiger partial charge in [-0.25, -0.2) is 4.79 Å². The molecule has 0 spiro atoms. The first kappa shape index (κ1) is 17.1. The zero-order chi connectivity index (χ0) is 18.1. The molecule has 2 N–H and O–H groups in total. The molecule has 1 aliphatic heterocycles. The van der Waals surface area contributed by atoms with Crippen molar-refractivity contribution in [1.29, 1.82) is 0 Å². The van der Waals surface area contributed by atoms with E-state index in [0.717, 1.165) is 42.7 Å². The van der Waals surface area contributed by atoms with Crippen LogP contribution < -0.4 is 11.0 Å². The number of thiocarbonyl (C=S) groups is 1. The van der Waals surface area contributed by atoms with Crippen LogP contribution >= 0.6 is 23.8 Å². The summed E-state index contributed by atoms with van der Waals surface area (Å²) in [6.45, 7) is 1.60. The largest absolute Gasteiger partial charge is 0.349 e. The van der Waals surface area contributed by atoms with Crippen molar-refractivity contribution in [2.24, 2.45) is 0 Å². The van der Waals surface area contributed by atoms with Gasteiger partial charge in [0.25, 0.3) is 0 Å². The number of aromatic nitrogens is 2. The average Bonchev–Trinajstić information content (AvgIpc) is 2.99. The number of piperidine rings is 1. The van der Waals surface area contributed by atoms with Crippen molar-refractivity contribution >= 4 is 45.7 Å². The van der Waals surface area contributed by atoms with Crippen LogP contribution in [-0.2, 0) is 0 Å². The van der Waals surface area contributed by atoms with E-state index in [0.29, 0.717) is 10.1 Å². The first-order chi connectivity index (χ1) is 12.6. The lowest BCUT2D eigenvalue weighted by Gasteiger charge is -2.34. The van der Waals surface area contributed by atoms with Crippen molar-refractivity contribution in [3.8, 4) is 0 Å². The number of anilines is 1. The molecule has 2 heterocycles. The van der Waals surface area contributed by atoms with Crippen LogP contribution in [0.5, 0.6) is 0 Å². The monoisotopic (exact) mass is 386 g/mol. The Morgan fingerprint density at radius 2 is 1.81 bits per heavy atom. The fraction of sp³-hybridized carbons (Fsp3) is 0.263. The zero-order valence-corrected chi connectivity index (χ0v) is 15.7. The smallest absolute Gasteiger partial charge is 0.326 e. The summed E-state index contributed by atoms with van der Waals surface area (Å²) in [5.74, 6) is 0. The average molecular weight is 387 g/mol. The number of hydrogen-bond acceptors (Lipinski definition) is 2. The summed E-state index contributed by atoms with van der Waals surface area (Å²) >= 11 is 11.7. The van der Waals surface area contributed by atoms with Gasteiger partial charge in [-0.1, -0.05) is 35.9 Å². The lowest BCUT2D eigenvalue weighted by Crippen LogP contribution is -2.42. The van der Waals surface area contributed by atoms with Crippen molar-refractivity contribution in [2.45, 2.75) is 18.9 Å². The SMILES string of the molecule is O=c1[nH]c2ccccc2n1C1CCN(C(=S)Nc2ccccc2Cl)CC1. The highest BCUT2D eigenvalue weighted by Crippen LogP contribution is 2.26. The molecular weight excluding hydrogens is 368 g/mol. The van der Waals surface area contributed by atoms with E-state index < -0.39 is 0 Å². The van der Waals surface area contributed by atoms with E-state index in [-0.39, 0.29) is 11.7 Å². The number of H-pyrrole nitrogens is 1. The van der Waals surface area contributed by atoms with Gasteiger partial charge in [-0.3, -0.25) is 4.57 Å². The molecule has 3 aromatic rings. The second-order valence-corrected chi connectivity index (χ2v) is 7.24. The Hall–Kier alpha value is -2.31. The highest BCUT2D eigenvalue weighted by atomic mass is 35.5. The molecule has 1 aromatic heterocycles. The number of nitrogens with zero attached hydrogens (tertiary/aromatic N) is 2. The molecule has 26 heavy (non-hydrogen) atoms. The lowest BCUT2D eigenvalue weighted by atomic mass is 10.0. The standard InChI is InChI=1S/C19H19ClN4OS/c20-14-5-1-2-6-15(14)22-19(26)23-11-9-13(10-12-23)24-17-8-4-3-7-16(17)21-18(24)25/h1-8,13H,9-12H2,(H,21,25)(H,22,26). The van der Waals surface area contributed by atoms with Crippen LogP contribution in [0.2, 0.25) is 5.02 Å². The molecule has 0 radical (unpaired) electrons. The summed E-state index contributed by atoms with van der Waals surface area (Å²) in [6, 6.07) is 15.6. The van der Waals surface area contributed by atoms with Gasteiger partial charge in [-0.2, -0.15) is 0 Å². The molecule has 0 unspecified atom stereocenters. The first-order valence-corrected chi connectivity index (χ1v) is 9.42. The van der Waals surface area contributed by atoms with E-state index in [9.17, 15) is 4.79 Å². The summed E-state index contributed by atoms with van der Waals surface area (Å²) in [7, 11) is 0. The topological polar surface area (TPSA) is 53.1 Å². The highest BCUT2D eigenvalue weighted by molar-refractivity contribution is 7.80. The molecule has 1 saturated heterocycles. The molecule has 134 valence electrons. The van der Waals surface area contributed by atoms with Crippen LogP contribution in [0.15, 0.2) is 53.3 Å². The Kier molecular flexibility index (Phi) is 4.70. The number of aromatic amines is 1. The number of nitrogens with one attached hydrogen (secondary N) is 2. The van der Waals surface area contributed by atoms with E-state index in [1.807, 2.05) is 53.1 Å². The molecule has 0 amide bonds. The quantitative estimate of drug-likeness (QED) is 0.653. The molecule has 1 fully saturated rings. The second-order valence-electron chi connectivity index (χ2n) is 6.45. The van der Waals surface area contributed by atoms with Crippen LogP contribution in [0.3, 0.4) is 0 Å². The minimum absolute atomic E-state index is 0.0404. The van der Waals surface area contributed by atoms with E-state index in [4.69, 9.17) is 23.8 Å². The van der Waals surface area contributed by atoms with E-state index in [1.54, 1.807) is 0 Å². The van der Waals surface area contributed by atoms with Crippen LogP contribution in [0, 0.1) is 0 Å². The Bertz CT molecular complexity index is 1000. The van der Waals surface area contributed by atoms with E-state index in [2.05, 4.69) is 15.2 Å². The maximum absolute atomic E-state index is 12.4. The molecule has 7 heteroatoms. The van der Waals surface area contributed by atoms with Crippen molar-refractivity contribution in [3.05, 3.63) is 64.0 Å². The molecule has 0 atom stereocenters. The molecule has 5 nitrogen and oxygen atoms in total. The molecule has 0 bridgehead atoms. The Morgan fingerprint density at radius 3 is 2.58 bits per heavy atom. The van der Waals surface area contributed by atoms with Crippen LogP contribution in [-0.4, -0.2) is 32.7 Å². The van der Waals surface area contributed by atoms with Gasteiger partial charge in [0.1, 0.15) is 0 Å². The fourth-order valence-corrected chi connectivity index (χ4v) is 4.00. The number of hydrogen-bond donors (Lipinski definition) is 2. The predicted molar refractivity (Wildman–Crippen MR) is 110 cm³/mol. The third-order valence-electron chi connectivity index (χ3n) is 4.86. The normalized spacial score (nSPS) is 15.3. The Morgan fingerprint density at radius 1 is 1.12 bits per heavy atom. The number of imidazole rings is 1. The number of fused-ring (bicyclic) bond motifs is 1. The minimum atomic E-state index is -0.0404. The van der Waals surface area contributed by atoms with Gasteiger partial charge >= 0.3 is 5.69 Å². The number of likely N-dealkylation sites (tertiary alicyclic amines) is 1. The summed E-state index contributed by atoms with van der Waals surface area (Å²) in [5.41, 5.74) is 2.62. The van der Waals surface area contributed by atoms with Gasteiger partial charge < -0.3 is 15.2 Å². The van der Waals surface area contributed by atoms with Crippen LogP contribution in [0.25, 0.3) is 11.0 Å². The van der Waals surface area contributed by atoms with Crippen LogP contribution in [0.1, 0.15) is 18.9 Å². The highest BCUT2D eigenvalue weighted by Gasteiger charge is 2.24. The second kappa shape index (κ2) is 7.13. The van der Waals surface area contributed by atoms with Gasteiger partial charge in [0.2, 0.25) is 0 Å². The van der Waals surface area contributed by atoms with Gasteiger partial charge in [-0.05, 0) is 49.3 Å². The van der Waals surface area contributed by atoms with Gasteiger partial charge in [0.05, 0.1) is 21.7 Å². The minimum Gasteiger partial charge on any atom is -0.349 e. The first-order valence-electron chi connectivity index (χ1n) is 8.63. The van der Waals surface area contributed by atoms with E-state index in [1.165, 1.54) is 0 Å². The molecule has 0 aliphatic carbocycles. The number of rotatable bonds is 2. The Balaban J connectivity index is 1.45. The van der Waals surface area contributed by atoms with Crippen molar-refractivity contribution in [1.82, 2.24) is 14.5 Å². The van der Waals surface area contributed by atoms with Gasteiger partial charge in [-0.15, -0.1) is 0 Å². The molecule has 4 rings (SSSR count).